The molecule has 1 atom stereocenters. The Bertz CT molecular complexity index is 1360. The molecule has 0 radical (unpaired) electrons. The lowest BCUT2D eigenvalue weighted by molar-refractivity contribution is 0.0941. The zero-order valence-corrected chi connectivity index (χ0v) is 20.3. The number of halogens is 1. The van der Waals surface area contributed by atoms with Crippen molar-refractivity contribution in [1.82, 2.24) is 14.5 Å². The molecule has 0 bridgehead atoms. The molecule has 1 N–H and O–H groups in total. The first-order chi connectivity index (χ1) is 16.0. The van der Waals surface area contributed by atoms with Gasteiger partial charge in [0, 0.05) is 42.1 Å². The maximum Gasteiger partial charge on any atom is 0.326 e. The van der Waals surface area contributed by atoms with Crippen LogP contribution in [0.2, 0.25) is 0 Å². The lowest BCUT2D eigenvalue weighted by Crippen LogP contribution is -2.39. The highest BCUT2D eigenvalue weighted by Gasteiger charge is 2.25. The first kappa shape index (κ1) is 22.1. The van der Waals surface area contributed by atoms with Gasteiger partial charge < -0.3 is 9.88 Å². The molecule has 170 valence electrons. The number of aromatic nitrogens is 2. The first-order valence-corrected chi connectivity index (χ1v) is 12.4. The molecule has 0 unspecified atom stereocenters. The molecule has 33 heavy (non-hydrogen) atoms. The quantitative estimate of drug-likeness (QED) is 0.337. The van der Waals surface area contributed by atoms with Crippen LogP contribution in [0.1, 0.15) is 42.6 Å². The number of piperidine rings is 1. The fourth-order valence-electron chi connectivity index (χ4n) is 5.13. The third kappa shape index (κ3) is 4.68. The summed E-state index contributed by atoms with van der Waals surface area (Å²) in [6, 6.07) is 20.3. The summed E-state index contributed by atoms with van der Waals surface area (Å²) in [4.78, 5) is 30.9. The fraction of sp³-hybridized carbons (Fsp3) is 0.333. The molecular formula is C27H28BrN3O2. The Balaban J connectivity index is 1.18. The number of ketones is 1. The van der Waals surface area contributed by atoms with Crippen LogP contribution in [0.3, 0.4) is 0 Å². The predicted molar refractivity (Wildman–Crippen MR) is 137 cm³/mol. The van der Waals surface area contributed by atoms with Gasteiger partial charge in [0.25, 0.3) is 0 Å². The average molecular weight is 506 g/mol. The van der Waals surface area contributed by atoms with Gasteiger partial charge >= 0.3 is 5.69 Å². The van der Waals surface area contributed by atoms with Crippen molar-refractivity contribution < 1.29 is 4.79 Å². The second kappa shape index (κ2) is 9.27. The lowest BCUT2D eigenvalue weighted by atomic mass is 9.96. The summed E-state index contributed by atoms with van der Waals surface area (Å²) >= 11 is 3.47. The smallest absolute Gasteiger partial charge is 0.305 e. The number of carbonyl (C=O) groups excluding carboxylic acids is 1. The Morgan fingerprint density at radius 1 is 1.06 bits per heavy atom. The van der Waals surface area contributed by atoms with Gasteiger partial charge in [-0.25, -0.2) is 4.79 Å². The fourth-order valence-corrected chi connectivity index (χ4v) is 5.49. The number of imidazole rings is 1. The minimum absolute atomic E-state index is 0.0316. The summed E-state index contributed by atoms with van der Waals surface area (Å²) in [5.41, 5.74) is 2.61. The van der Waals surface area contributed by atoms with Crippen LogP contribution in [0.5, 0.6) is 0 Å². The molecule has 1 aromatic heterocycles. The number of rotatable bonds is 6. The second-order valence-corrected chi connectivity index (χ2v) is 10.2. The van der Waals surface area contributed by atoms with Crippen molar-refractivity contribution >= 4 is 43.5 Å². The standard InChI is InChI=1S/C27H28BrN3O2/c1-18(14-26(32)21-7-6-19-4-2-3-5-20(19)15-21)17-30-12-10-23(11-13-30)31-25-9-8-22(28)16-24(25)29-27(31)33/h2-9,15-16,18,23H,10-14,17H2,1H3,(H,29,33)/t18-/m1/s1. The van der Waals surface area contributed by atoms with E-state index in [1.165, 1.54) is 0 Å². The van der Waals surface area contributed by atoms with Crippen molar-refractivity contribution in [2.45, 2.75) is 32.2 Å². The molecule has 2 heterocycles. The van der Waals surface area contributed by atoms with Gasteiger partial charge in [0.1, 0.15) is 0 Å². The van der Waals surface area contributed by atoms with E-state index >= 15 is 0 Å². The summed E-state index contributed by atoms with van der Waals surface area (Å²) in [7, 11) is 0. The van der Waals surface area contributed by atoms with Crippen LogP contribution in [0, 0.1) is 5.92 Å². The molecule has 1 fully saturated rings. The maximum atomic E-state index is 12.9. The van der Waals surface area contributed by atoms with Gasteiger partial charge in [0.05, 0.1) is 11.0 Å². The molecule has 0 amide bonds. The number of hydrogen-bond donors (Lipinski definition) is 1. The highest BCUT2D eigenvalue weighted by molar-refractivity contribution is 9.10. The lowest BCUT2D eigenvalue weighted by Gasteiger charge is -2.34. The van der Waals surface area contributed by atoms with Crippen LogP contribution in [-0.2, 0) is 0 Å². The largest absolute Gasteiger partial charge is 0.326 e. The molecular weight excluding hydrogens is 478 g/mol. The third-order valence-electron chi connectivity index (χ3n) is 6.78. The summed E-state index contributed by atoms with van der Waals surface area (Å²) in [6.07, 6.45) is 2.43. The number of benzene rings is 3. The molecule has 5 rings (SSSR count). The topological polar surface area (TPSA) is 58.1 Å². The predicted octanol–water partition coefficient (Wildman–Crippen LogP) is 5.79. The number of Topliss-reactive ketones (excluding diaryl/α,β-unsaturated/α-hetero) is 1. The number of carbonyl (C=O) groups is 1. The molecule has 0 aliphatic carbocycles. The minimum atomic E-state index is -0.0316. The molecule has 0 spiro atoms. The van der Waals surface area contributed by atoms with E-state index in [4.69, 9.17) is 0 Å². The van der Waals surface area contributed by atoms with E-state index in [0.29, 0.717) is 6.42 Å². The van der Waals surface area contributed by atoms with Gasteiger partial charge in [-0.3, -0.25) is 9.36 Å². The molecule has 0 saturated carbocycles. The summed E-state index contributed by atoms with van der Waals surface area (Å²) in [6.45, 7) is 4.94. The van der Waals surface area contributed by atoms with Crippen LogP contribution < -0.4 is 5.69 Å². The number of aromatic amines is 1. The molecule has 4 aromatic rings. The van der Waals surface area contributed by atoms with E-state index < -0.39 is 0 Å². The van der Waals surface area contributed by atoms with Crippen LogP contribution in [0.4, 0.5) is 0 Å². The van der Waals surface area contributed by atoms with Crippen LogP contribution >= 0.6 is 15.9 Å². The normalized spacial score (nSPS) is 16.4. The number of nitrogens with zero attached hydrogens (tertiary/aromatic N) is 2. The molecule has 5 nitrogen and oxygen atoms in total. The molecule has 1 aliphatic rings. The van der Waals surface area contributed by atoms with Gasteiger partial charge in [-0.1, -0.05) is 59.3 Å². The van der Waals surface area contributed by atoms with E-state index in [9.17, 15) is 9.59 Å². The molecule has 3 aromatic carbocycles. The SMILES string of the molecule is C[C@H](CC(=O)c1ccc2ccccc2c1)CN1CCC(n2c(=O)[nH]c3cc(Br)ccc32)CC1. The van der Waals surface area contributed by atoms with Crippen molar-refractivity contribution in [3.05, 3.63) is 81.2 Å². The Kier molecular flexibility index (Phi) is 6.21. The van der Waals surface area contributed by atoms with E-state index in [1.54, 1.807) is 0 Å². The van der Waals surface area contributed by atoms with Crippen LogP contribution in [0.25, 0.3) is 21.8 Å². The molecule has 1 aliphatic heterocycles. The Hall–Kier alpha value is -2.70. The number of hydrogen-bond acceptors (Lipinski definition) is 3. The zero-order valence-electron chi connectivity index (χ0n) is 18.8. The monoisotopic (exact) mass is 505 g/mol. The maximum absolute atomic E-state index is 12.9. The van der Waals surface area contributed by atoms with Crippen LogP contribution in [0.15, 0.2) is 69.9 Å². The molecule has 6 heteroatoms. The zero-order chi connectivity index (χ0) is 22.9. The van der Waals surface area contributed by atoms with Crippen molar-refractivity contribution in [3.63, 3.8) is 0 Å². The highest BCUT2D eigenvalue weighted by atomic mass is 79.9. The number of nitrogens with one attached hydrogen (secondary N) is 1. The van der Waals surface area contributed by atoms with Crippen molar-refractivity contribution in [3.8, 4) is 0 Å². The highest BCUT2D eigenvalue weighted by Crippen LogP contribution is 2.27. The van der Waals surface area contributed by atoms with Crippen molar-refractivity contribution in [2.75, 3.05) is 19.6 Å². The summed E-state index contributed by atoms with van der Waals surface area (Å²) < 4.78 is 2.89. The van der Waals surface area contributed by atoms with Crippen LogP contribution in [-0.4, -0.2) is 39.9 Å². The Morgan fingerprint density at radius 3 is 2.61 bits per heavy atom. The first-order valence-electron chi connectivity index (χ1n) is 11.6. The minimum Gasteiger partial charge on any atom is -0.305 e. The second-order valence-electron chi connectivity index (χ2n) is 9.29. The summed E-state index contributed by atoms with van der Waals surface area (Å²) in [5, 5.41) is 2.27. The average Bonchev–Trinajstić information content (AvgIpc) is 3.13. The van der Waals surface area contributed by atoms with Gasteiger partial charge in [0.2, 0.25) is 0 Å². The Labute approximate surface area is 201 Å². The van der Waals surface area contributed by atoms with Crippen molar-refractivity contribution in [1.29, 1.82) is 0 Å². The van der Waals surface area contributed by atoms with E-state index in [-0.39, 0.29) is 23.4 Å². The molecule has 1 saturated heterocycles. The van der Waals surface area contributed by atoms with Gasteiger partial charge in [-0.2, -0.15) is 0 Å². The van der Waals surface area contributed by atoms with Gasteiger partial charge in [0.15, 0.2) is 5.78 Å². The number of fused-ring (bicyclic) bond motifs is 2. The number of H-pyrrole nitrogens is 1. The van der Waals surface area contributed by atoms with Crippen molar-refractivity contribution in [2.24, 2.45) is 5.92 Å². The van der Waals surface area contributed by atoms with E-state index in [2.05, 4.69) is 44.9 Å². The summed E-state index contributed by atoms with van der Waals surface area (Å²) in [5.74, 6) is 0.494. The van der Waals surface area contributed by atoms with E-state index in [1.807, 2.05) is 53.1 Å². The number of likely N-dealkylation sites (tertiary alicyclic amines) is 1. The third-order valence-corrected chi connectivity index (χ3v) is 7.27. The van der Waals surface area contributed by atoms with Gasteiger partial charge in [-0.15, -0.1) is 0 Å². The Morgan fingerprint density at radius 2 is 1.82 bits per heavy atom. The van der Waals surface area contributed by atoms with E-state index in [0.717, 1.165) is 64.3 Å². The van der Waals surface area contributed by atoms with Gasteiger partial charge in [-0.05, 0) is 53.8 Å².